The Morgan fingerprint density at radius 1 is 1.91 bits per heavy atom. The average Bonchev–Trinajstić information content (AvgIpc) is 2.00. The highest BCUT2D eigenvalue weighted by Gasteiger charge is 2.32. The molecule has 11 heavy (non-hydrogen) atoms. The molecule has 0 fully saturated rings. The normalized spacial score (nSPS) is 14.7. The van der Waals surface area contributed by atoms with E-state index in [1.165, 1.54) is 0 Å². The first-order chi connectivity index (χ1) is 5.04. The molecule has 0 aliphatic carbocycles. The van der Waals surface area contributed by atoms with Crippen molar-refractivity contribution in [1.29, 1.82) is 5.26 Å². The van der Waals surface area contributed by atoms with Crippen LogP contribution < -0.4 is 5.32 Å². The standard InChI is InChI=1S/C6H8BrClN2O/c1-2-3-10-5(11)6(7,8)4-9/h2-3H2,1H3,(H,10,11). The third kappa shape index (κ3) is 3.59. The van der Waals surface area contributed by atoms with E-state index in [0.717, 1.165) is 6.42 Å². The van der Waals surface area contributed by atoms with Crippen LogP contribution in [0.4, 0.5) is 0 Å². The van der Waals surface area contributed by atoms with Crippen molar-refractivity contribution in [3.05, 3.63) is 0 Å². The minimum Gasteiger partial charge on any atom is -0.353 e. The highest BCUT2D eigenvalue weighted by Crippen LogP contribution is 2.21. The van der Waals surface area contributed by atoms with Crippen molar-refractivity contribution in [2.75, 3.05) is 6.54 Å². The quantitative estimate of drug-likeness (QED) is 0.756. The number of carbonyl (C=O) groups excluding carboxylic acids is 1. The van der Waals surface area contributed by atoms with Crippen molar-refractivity contribution >= 4 is 33.4 Å². The lowest BCUT2D eigenvalue weighted by atomic mass is 10.4. The Bertz CT molecular complexity index is 188. The Labute approximate surface area is 78.8 Å². The number of amides is 1. The van der Waals surface area contributed by atoms with Crippen LogP contribution in [0.1, 0.15) is 13.3 Å². The van der Waals surface area contributed by atoms with Crippen molar-refractivity contribution in [2.24, 2.45) is 0 Å². The smallest absolute Gasteiger partial charge is 0.266 e. The molecule has 0 aliphatic rings. The zero-order chi connectivity index (χ0) is 8.91. The fourth-order valence-corrected chi connectivity index (χ4v) is 0.607. The molecule has 5 heteroatoms. The molecule has 0 spiro atoms. The molecule has 0 heterocycles. The molecule has 0 saturated carbocycles. The number of nitrogens with one attached hydrogen (secondary N) is 1. The summed E-state index contributed by atoms with van der Waals surface area (Å²) in [5.74, 6) is -0.511. The fourth-order valence-electron chi connectivity index (χ4n) is 0.400. The largest absolute Gasteiger partial charge is 0.353 e. The van der Waals surface area contributed by atoms with Gasteiger partial charge in [0, 0.05) is 6.54 Å². The molecule has 3 nitrogen and oxygen atoms in total. The van der Waals surface area contributed by atoms with Gasteiger partial charge in [0.1, 0.15) is 6.07 Å². The summed E-state index contributed by atoms with van der Waals surface area (Å²) in [5.41, 5.74) is 0. The zero-order valence-electron chi connectivity index (χ0n) is 6.03. The Morgan fingerprint density at radius 2 is 2.45 bits per heavy atom. The fraction of sp³-hybridized carbons (Fsp3) is 0.667. The van der Waals surface area contributed by atoms with Gasteiger partial charge in [-0.15, -0.1) is 0 Å². The van der Waals surface area contributed by atoms with Gasteiger partial charge in [-0.2, -0.15) is 5.26 Å². The zero-order valence-corrected chi connectivity index (χ0v) is 8.37. The van der Waals surface area contributed by atoms with Crippen molar-refractivity contribution in [2.45, 2.75) is 17.1 Å². The van der Waals surface area contributed by atoms with E-state index >= 15 is 0 Å². The Morgan fingerprint density at radius 3 is 2.82 bits per heavy atom. The molecule has 0 rings (SSSR count). The molecule has 1 unspecified atom stereocenters. The Kier molecular flexibility index (Phi) is 4.46. The average molecular weight is 239 g/mol. The van der Waals surface area contributed by atoms with E-state index in [1.807, 2.05) is 6.92 Å². The van der Waals surface area contributed by atoms with E-state index in [1.54, 1.807) is 6.07 Å². The molecule has 0 aromatic heterocycles. The molecule has 0 aromatic rings. The lowest BCUT2D eigenvalue weighted by molar-refractivity contribution is -0.120. The molecule has 1 amide bonds. The first-order valence-electron chi connectivity index (χ1n) is 3.12. The number of halogens is 2. The van der Waals surface area contributed by atoms with Crippen molar-refractivity contribution < 1.29 is 4.79 Å². The lowest BCUT2D eigenvalue weighted by Gasteiger charge is -2.09. The van der Waals surface area contributed by atoms with Crippen molar-refractivity contribution in [3.8, 4) is 6.07 Å². The van der Waals surface area contributed by atoms with Gasteiger partial charge in [-0.1, -0.05) is 18.5 Å². The lowest BCUT2D eigenvalue weighted by Crippen LogP contribution is -2.37. The van der Waals surface area contributed by atoms with Gasteiger partial charge in [0.15, 0.2) is 0 Å². The molecule has 1 N–H and O–H groups in total. The molecule has 62 valence electrons. The minimum atomic E-state index is -1.61. The summed E-state index contributed by atoms with van der Waals surface area (Å²) < 4.78 is -1.61. The predicted molar refractivity (Wildman–Crippen MR) is 46.4 cm³/mol. The second kappa shape index (κ2) is 4.58. The van der Waals surface area contributed by atoms with Crippen molar-refractivity contribution in [3.63, 3.8) is 0 Å². The summed E-state index contributed by atoms with van der Waals surface area (Å²) in [6.45, 7) is 2.44. The number of nitriles is 1. The summed E-state index contributed by atoms with van der Waals surface area (Å²) in [6, 6.07) is 1.62. The summed E-state index contributed by atoms with van der Waals surface area (Å²) in [5, 5.41) is 10.9. The summed E-state index contributed by atoms with van der Waals surface area (Å²) in [7, 11) is 0. The second-order valence-electron chi connectivity index (χ2n) is 1.94. The number of nitrogens with zero attached hydrogens (tertiary/aromatic N) is 1. The van der Waals surface area contributed by atoms with E-state index in [9.17, 15) is 4.79 Å². The molecule has 0 aliphatic heterocycles. The van der Waals surface area contributed by atoms with E-state index in [4.69, 9.17) is 16.9 Å². The van der Waals surface area contributed by atoms with Gasteiger partial charge in [-0.25, -0.2) is 0 Å². The van der Waals surface area contributed by atoms with Gasteiger partial charge in [0.05, 0.1) is 0 Å². The van der Waals surface area contributed by atoms with Crippen LogP contribution in [0.2, 0.25) is 0 Å². The van der Waals surface area contributed by atoms with E-state index in [-0.39, 0.29) is 0 Å². The van der Waals surface area contributed by atoms with Gasteiger partial charge in [-0.05, 0) is 22.4 Å². The van der Waals surface area contributed by atoms with Crippen molar-refractivity contribution in [1.82, 2.24) is 5.32 Å². The maximum Gasteiger partial charge on any atom is 0.266 e. The number of hydrogen-bond donors (Lipinski definition) is 1. The second-order valence-corrected chi connectivity index (χ2v) is 4.16. The molecular weight excluding hydrogens is 231 g/mol. The molecule has 0 radical (unpaired) electrons. The predicted octanol–water partition coefficient (Wildman–Crippen LogP) is 1.37. The highest BCUT2D eigenvalue weighted by molar-refractivity contribution is 9.11. The van der Waals surface area contributed by atoms with E-state index < -0.39 is 9.69 Å². The monoisotopic (exact) mass is 238 g/mol. The SMILES string of the molecule is CCCNC(=O)C(Cl)(Br)C#N. The Balaban J connectivity index is 3.95. The molecule has 0 saturated heterocycles. The van der Waals surface area contributed by atoms with Crippen LogP contribution in [-0.2, 0) is 4.79 Å². The molecular formula is C6H8BrClN2O. The van der Waals surface area contributed by atoms with Gasteiger partial charge < -0.3 is 5.32 Å². The number of rotatable bonds is 3. The molecule has 0 bridgehead atoms. The molecule has 1 atom stereocenters. The van der Waals surface area contributed by atoms with Crippen LogP contribution >= 0.6 is 27.5 Å². The highest BCUT2D eigenvalue weighted by atomic mass is 79.9. The summed E-state index contributed by atoms with van der Waals surface area (Å²) >= 11 is 8.22. The van der Waals surface area contributed by atoms with Crippen LogP contribution in [0, 0.1) is 11.3 Å². The first-order valence-corrected chi connectivity index (χ1v) is 4.29. The number of alkyl halides is 2. The van der Waals surface area contributed by atoms with Crippen LogP contribution in [0.15, 0.2) is 0 Å². The summed E-state index contributed by atoms with van der Waals surface area (Å²) in [4.78, 5) is 10.9. The van der Waals surface area contributed by atoms with Crippen LogP contribution in [0.3, 0.4) is 0 Å². The maximum atomic E-state index is 10.9. The first kappa shape index (κ1) is 10.7. The van der Waals surface area contributed by atoms with Crippen LogP contribution in [0.25, 0.3) is 0 Å². The van der Waals surface area contributed by atoms with E-state index in [2.05, 4.69) is 21.2 Å². The third-order valence-electron chi connectivity index (χ3n) is 0.961. The number of hydrogen-bond acceptors (Lipinski definition) is 2. The van der Waals surface area contributed by atoms with Crippen LogP contribution in [0.5, 0.6) is 0 Å². The molecule has 0 aromatic carbocycles. The number of carbonyl (C=O) groups is 1. The van der Waals surface area contributed by atoms with Gasteiger partial charge >= 0.3 is 0 Å². The maximum absolute atomic E-state index is 10.9. The minimum absolute atomic E-state index is 0.511. The van der Waals surface area contributed by atoms with Gasteiger partial charge in [0.2, 0.25) is 0 Å². The van der Waals surface area contributed by atoms with Gasteiger partial charge in [-0.3, -0.25) is 4.79 Å². The van der Waals surface area contributed by atoms with Crippen LogP contribution in [-0.4, -0.2) is 16.2 Å². The third-order valence-corrected chi connectivity index (χ3v) is 1.75. The van der Waals surface area contributed by atoms with Gasteiger partial charge in [0.25, 0.3) is 9.69 Å². The summed E-state index contributed by atoms with van der Waals surface area (Å²) in [6.07, 6.45) is 0.817. The topological polar surface area (TPSA) is 52.9 Å². The van der Waals surface area contributed by atoms with E-state index in [0.29, 0.717) is 6.54 Å². The Hall–Kier alpha value is -0.270.